The van der Waals surface area contributed by atoms with Crippen LogP contribution in [-0.4, -0.2) is 24.1 Å². The molecule has 1 saturated heterocycles. The van der Waals surface area contributed by atoms with Crippen LogP contribution in [0.1, 0.15) is 23.2 Å². The minimum Gasteiger partial charge on any atom is -0.271 e. The van der Waals surface area contributed by atoms with Crippen molar-refractivity contribution in [3.05, 3.63) is 34.1 Å². The quantitative estimate of drug-likeness (QED) is 0.795. The summed E-state index contributed by atoms with van der Waals surface area (Å²) in [6, 6.07) is 4.29. The Morgan fingerprint density at radius 2 is 2.25 bits per heavy atom. The summed E-state index contributed by atoms with van der Waals surface area (Å²) in [5.41, 5.74) is 0.0382. The van der Waals surface area contributed by atoms with Gasteiger partial charge in [0.05, 0.1) is 12.2 Å². The first-order chi connectivity index (χ1) is 7.68. The molecular weight excluding hydrogens is 277 g/mol. The van der Waals surface area contributed by atoms with E-state index in [0.29, 0.717) is 17.6 Å². The van der Waals surface area contributed by atoms with Crippen LogP contribution < -0.4 is 0 Å². The van der Waals surface area contributed by atoms with Gasteiger partial charge in [-0.2, -0.15) is 0 Å². The third kappa shape index (κ3) is 2.41. The zero-order chi connectivity index (χ0) is 11.5. The predicted octanol–water partition coefficient (Wildman–Crippen LogP) is 2.76. The summed E-state index contributed by atoms with van der Waals surface area (Å²) in [6.07, 6.45) is 1.83. The highest BCUT2D eigenvalue weighted by molar-refractivity contribution is 9.10. The van der Waals surface area contributed by atoms with Crippen molar-refractivity contribution >= 4 is 21.8 Å². The van der Waals surface area contributed by atoms with Gasteiger partial charge in [-0.3, -0.25) is 9.63 Å². The fourth-order valence-corrected chi connectivity index (χ4v) is 1.91. The van der Waals surface area contributed by atoms with E-state index in [9.17, 15) is 9.18 Å². The summed E-state index contributed by atoms with van der Waals surface area (Å²) in [4.78, 5) is 17.1. The molecule has 0 N–H and O–H groups in total. The third-order valence-electron chi connectivity index (χ3n) is 2.39. The average Bonchev–Trinajstić information content (AvgIpc) is 2.32. The van der Waals surface area contributed by atoms with Crippen LogP contribution in [0, 0.1) is 5.82 Å². The van der Waals surface area contributed by atoms with Crippen molar-refractivity contribution in [2.75, 3.05) is 13.2 Å². The van der Waals surface area contributed by atoms with E-state index in [0.717, 1.165) is 12.8 Å². The Kier molecular flexibility index (Phi) is 3.56. The molecule has 0 bridgehead atoms. The molecule has 0 spiro atoms. The smallest absolute Gasteiger partial charge is 0.271 e. The van der Waals surface area contributed by atoms with Crippen molar-refractivity contribution in [2.45, 2.75) is 12.8 Å². The van der Waals surface area contributed by atoms with E-state index in [1.54, 1.807) is 6.07 Å². The maximum atomic E-state index is 13.5. The first-order valence-electron chi connectivity index (χ1n) is 5.08. The van der Waals surface area contributed by atoms with E-state index < -0.39 is 11.7 Å². The van der Waals surface area contributed by atoms with Crippen LogP contribution in [0.15, 0.2) is 22.7 Å². The van der Waals surface area contributed by atoms with Gasteiger partial charge in [0, 0.05) is 11.0 Å². The Morgan fingerprint density at radius 1 is 1.44 bits per heavy atom. The van der Waals surface area contributed by atoms with Gasteiger partial charge in [0.25, 0.3) is 5.91 Å². The molecule has 0 aromatic heterocycles. The van der Waals surface area contributed by atoms with Crippen LogP contribution in [0.4, 0.5) is 4.39 Å². The first-order valence-corrected chi connectivity index (χ1v) is 5.87. The molecule has 3 nitrogen and oxygen atoms in total. The topological polar surface area (TPSA) is 29.5 Å². The summed E-state index contributed by atoms with van der Waals surface area (Å²) < 4.78 is 14.1. The summed E-state index contributed by atoms with van der Waals surface area (Å²) in [5, 5.41) is 1.23. The maximum Gasteiger partial charge on any atom is 0.280 e. The Bertz CT molecular complexity index is 405. The van der Waals surface area contributed by atoms with Crippen LogP contribution >= 0.6 is 15.9 Å². The molecule has 2 rings (SSSR count). The number of benzene rings is 1. The zero-order valence-electron chi connectivity index (χ0n) is 8.58. The SMILES string of the molecule is O=C(c1cc(Br)ccc1F)N1CCCCO1. The van der Waals surface area contributed by atoms with E-state index >= 15 is 0 Å². The van der Waals surface area contributed by atoms with Gasteiger partial charge in [0.2, 0.25) is 0 Å². The van der Waals surface area contributed by atoms with Gasteiger partial charge in [0.15, 0.2) is 0 Å². The van der Waals surface area contributed by atoms with Crippen LogP contribution in [0.2, 0.25) is 0 Å². The number of halogens is 2. The zero-order valence-corrected chi connectivity index (χ0v) is 10.2. The number of carbonyl (C=O) groups excluding carboxylic acids is 1. The average molecular weight is 288 g/mol. The van der Waals surface area contributed by atoms with Crippen LogP contribution in [-0.2, 0) is 4.84 Å². The largest absolute Gasteiger partial charge is 0.280 e. The second-order valence-corrected chi connectivity index (χ2v) is 4.49. The summed E-state index contributed by atoms with van der Waals surface area (Å²) >= 11 is 3.21. The molecule has 5 heteroatoms. The van der Waals surface area contributed by atoms with Crippen molar-refractivity contribution in [2.24, 2.45) is 0 Å². The molecule has 0 atom stereocenters. The Balaban J connectivity index is 2.22. The number of nitrogens with zero attached hydrogens (tertiary/aromatic N) is 1. The maximum absolute atomic E-state index is 13.5. The molecule has 0 saturated carbocycles. The second-order valence-electron chi connectivity index (χ2n) is 3.57. The van der Waals surface area contributed by atoms with E-state index in [2.05, 4.69) is 15.9 Å². The fourth-order valence-electron chi connectivity index (χ4n) is 1.55. The summed E-state index contributed by atoms with van der Waals surface area (Å²) in [6.45, 7) is 1.03. The van der Waals surface area contributed by atoms with Crippen molar-refractivity contribution < 1.29 is 14.0 Å². The number of rotatable bonds is 1. The number of hydroxylamine groups is 2. The van der Waals surface area contributed by atoms with Crippen LogP contribution in [0.25, 0.3) is 0 Å². The van der Waals surface area contributed by atoms with Gasteiger partial charge >= 0.3 is 0 Å². The van der Waals surface area contributed by atoms with Gasteiger partial charge in [-0.15, -0.1) is 0 Å². The molecule has 1 fully saturated rings. The lowest BCUT2D eigenvalue weighted by Gasteiger charge is -2.25. The molecular formula is C11H11BrFNO2. The molecule has 1 heterocycles. The van der Waals surface area contributed by atoms with E-state index in [4.69, 9.17) is 4.84 Å². The van der Waals surface area contributed by atoms with Crippen molar-refractivity contribution in [1.82, 2.24) is 5.06 Å². The van der Waals surface area contributed by atoms with Crippen molar-refractivity contribution in [3.63, 3.8) is 0 Å². The van der Waals surface area contributed by atoms with E-state index in [1.165, 1.54) is 17.2 Å². The lowest BCUT2D eigenvalue weighted by atomic mass is 10.2. The van der Waals surface area contributed by atoms with E-state index in [-0.39, 0.29) is 5.56 Å². The second kappa shape index (κ2) is 4.93. The van der Waals surface area contributed by atoms with E-state index in [1.807, 2.05) is 0 Å². The molecule has 1 aliphatic rings. The van der Waals surface area contributed by atoms with Crippen molar-refractivity contribution in [1.29, 1.82) is 0 Å². The highest BCUT2D eigenvalue weighted by Gasteiger charge is 2.22. The number of hydrogen-bond donors (Lipinski definition) is 0. The monoisotopic (exact) mass is 287 g/mol. The highest BCUT2D eigenvalue weighted by Crippen LogP contribution is 2.18. The third-order valence-corrected chi connectivity index (χ3v) is 2.88. The summed E-state index contributed by atoms with van der Waals surface area (Å²) in [7, 11) is 0. The molecule has 86 valence electrons. The Hall–Kier alpha value is -0.940. The highest BCUT2D eigenvalue weighted by atomic mass is 79.9. The minimum atomic E-state index is -0.526. The molecule has 0 aliphatic carbocycles. The van der Waals surface area contributed by atoms with Crippen LogP contribution in [0.3, 0.4) is 0 Å². The summed E-state index contributed by atoms with van der Waals surface area (Å²) in [5.74, 6) is -0.944. The lowest BCUT2D eigenvalue weighted by Crippen LogP contribution is -2.36. The van der Waals surface area contributed by atoms with Gasteiger partial charge in [-0.1, -0.05) is 15.9 Å². The van der Waals surface area contributed by atoms with Gasteiger partial charge in [-0.05, 0) is 31.0 Å². The first kappa shape index (κ1) is 11.5. The van der Waals surface area contributed by atoms with Crippen LogP contribution in [0.5, 0.6) is 0 Å². The fraction of sp³-hybridized carbons (Fsp3) is 0.364. The molecule has 1 aliphatic heterocycles. The molecule has 0 radical (unpaired) electrons. The van der Waals surface area contributed by atoms with Gasteiger partial charge in [-0.25, -0.2) is 9.45 Å². The number of hydrogen-bond acceptors (Lipinski definition) is 2. The molecule has 1 aromatic carbocycles. The molecule has 0 unspecified atom stereocenters. The lowest BCUT2D eigenvalue weighted by molar-refractivity contribution is -0.144. The predicted molar refractivity (Wildman–Crippen MR) is 60.3 cm³/mol. The molecule has 16 heavy (non-hydrogen) atoms. The Morgan fingerprint density at radius 3 is 2.94 bits per heavy atom. The normalized spacial score (nSPS) is 16.2. The Labute approximate surface area is 101 Å². The minimum absolute atomic E-state index is 0.0382. The number of carbonyl (C=O) groups is 1. The molecule has 1 amide bonds. The molecule has 1 aromatic rings. The van der Waals surface area contributed by atoms with Crippen molar-refractivity contribution in [3.8, 4) is 0 Å². The van der Waals surface area contributed by atoms with Gasteiger partial charge < -0.3 is 0 Å². The standard InChI is InChI=1S/C11H11BrFNO2/c12-8-3-4-10(13)9(7-8)11(15)14-5-1-2-6-16-14/h3-4,7H,1-2,5-6H2. The van der Waals surface area contributed by atoms with Gasteiger partial charge in [0.1, 0.15) is 5.82 Å². The number of amides is 1.